The zero-order chi connectivity index (χ0) is 12.6. The molecule has 18 heavy (non-hydrogen) atoms. The second kappa shape index (κ2) is 5.97. The van der Waals surface area contributed by atoms with Crippen molar-refractivity contribution in [1.29, 1.82) is 0 Å². The van der Waals surface area contributed by atoms with E-state index in [1.165, 1.54) is 7.11 Å². The van der Waals surface area contributed by atoms with Crippen LogP contribution >= 0.6 is 35.6 Å². The molecule has 0 fully saturated rings. The van der Waals surface area contributed by atoms with E-state index in [0.29, 0.717) is 22.2 Å². The number of nitrogens with one attached hydrogen (secondary N) is 1. The molecule has 2 atom stereocenters. The maximum absolute atomic E-state index is 11.5. The van der Waals surface area contributed by atoms with Crippen LogP contribution in [0.1, 0.15) is 18.0 Å². The van der Waals surface area contributed by atoms with Crippen molar-refractivity contribution in [3.8, 4) is 0 Å². The molecule has 2 rings (SSSR count). The van der Waals surface area contributed by atoms with E-state index in [1.54, 1.807) is 12.1 Å². The van der Waals surface area contributed by atoms with Gasteiger partial charge in [-0.1, -0.05) is 23.2 Å². The molecule has 0 saturated heterocycles. The van der Waals surface area contributed by atoms with Crippen LogP contribution in [0.5, 0.6) is 0 Å². The monoisotopic (exact) mass is 310 g/mol. The van der Waals surface area contributed by atoms with Crippen LogP contribution in [0.2, 0.25) is 10.0 Å². The number of ether oxygens (including phenoxy) is 1. The topological polar surface area (TPSA) is 64.3 Å². The molecule has 1 aliphatic heterocycles. The molecular weight excluding hydrogens is 298 g/mol. The Morgan fingerprint density at radius 3 is 2.78 bits per heavy atom. The number of halogens is 3. The molecule has 1 aromatic carbocycles. The molecule has 4 nitrogen and oxygen atoms in total. The first-order valence-corrected chi connectivity index (χ1v) is 5.87. The van der Waals surface area contributed by atoms with E-state index in [0.717, 1.165) is 5.56 Å². The number of rotatable bonds is 1. The minimum absolute atomic E-state index is 0. The molecule has 0 radical (unpaired) electrons. The number of esters is 1. The number of hydrogen-bond acceptors (Lipinski definition) is 4. The Hall–Kier alpha value is -0.680. The Morgan fingerprint density at radius 2 is 2.17 bits per heavy atom. The van der Waals surface area contributed by atoms with Gasteiger partial charge in [-0.05, 0) is 18.6 Å². The molecular formula is C11H13Cl3N2O2. The van der Waals surface area contributed by atoms with E-state index < -0.39 is 6.04 Å². The van der Waals surface area contributed by atoms with Crippen LogP contribution in [0.25, 0.3) is 0 Å². The number of benzene rings is 1. The number of carbonyl (C=O) groups excluding carboxylic acids is 1. The highest BCUT2D eigenvalue weighted by Gasteiger charge is 2.31. The van der Waals surface area contributed by atoms with Crippen LogP contribution in [0.4, 0.5) is 5.69 Å². The molecule has 100 valence electrons. The van der Waals surface area contributed by atoms with Gasteiger partial charge in [0, 0.05) is 27.3 Å². The lowest BCUT2D eigenvalue weighted by atomic mass is 9.93. The Bertz CT molecular complexity index is 468. The van der Waals surface area contributed by atoms with E-state index in [2.05, 4.69) is 5.32 Å². The molecule has 1 heterocycles. The van der Waals surface area contributed by atoms with Crippen LogP contribution in [-0.4, -0.2) is 19.1 Å². The first-order valence-electron chi connectivity index (χ1n) is 5.12. The molecule has 3 N–H and O–H groups in total. The molecule has 0 amide bonds. The minimum atomic E-state index is -0.461. The number of fused-ring (bicyclic) bond motifs is 1. The largest absolute Gasteiger partial charge is 0.467 e. The molecule has 0 aromatic heterocycles. The van der Waals surface area contributed by atoms with Crippen LogP contribution < -0.4 is 11.1 Å². The molecule has 7 heteroatoms. The highest BCUT2D eigenvalue weighted by Crippen LogP contribution is 2.38. The first-order chi connectivity index (χ1) is 8.02. The van der Waals surface area contributed by atoms with Gasteiger partial charge in [0.2, 0.25) is 0 Å². The lowest BCUT2D eigenvalue weighted by Crippen LogP contribution is -2.38. The summed E-state index contributed by atoms with van der Waals surface area (Å²) in [4.78, 5) is 11.5. The molecule has 1 aliphatic rings. The van der Waals surface area contributed by atoms with Gasteiger partial charge in [-0.15, -0.1) is 12.4 Å². The summed E-state index contributed by atoms with van der Waals surface area (Å²) < 4.78 is 4.69. The van der Waals surface area contributed by atoms with Crippen molar-refractivity contribution in [3.05, 3.63) is 27.7 Å². The fourth-order valence-electron chi connectivity index (χ4n) is 2.00. The van der Waals surface area contributed by atoms with Crippen molar-refractivity contribution in [3.63, 3.8) is 0 Å². The third kappa shape index (κ3) is 2.83. The third-order valence-electron chi connectivity index (χ3n) is 2.77. The summed E-state index contributed by atoms with van der Waals surface area (Å²) in [5.41, 5.74) is 7.48. The molecule has 2 unspecified atom stereocenters. The van der Waals surface area contributed by atoms with E-state index in [-0.39, 0.29) is 24.4 Å². The zero-order valence-corrected chi connectivity index (χ0v) is 11.9. The highest BCUT2D eigenvalue weighted by molar-refractivity contribution is 6.35. The van der Waals surface area contributed by atoms with Crippen molar-refractivity contribution in [2.24, 2.45) is 5.73 Å². The summed E-state index contributed by atoms with van der Waals surface area (Å²) >= 11 is 12.0. The van der Waals surface area contributed by atoms with Crippen molar-refractivity contribution < 1.29 is 9.53 Å². The van der Waals surface area contributed by atoms with E-state index in [4.69, 9.17) is 33.7 Å². The van der Waals surface area contributed by atoms with Gasteiger partial charge < -0.3 is 15.8 Å². The lowest BCUT2D eigenvalue weighted by Gasteiger charge is -2.30. The quantitative estimate of drug-likeness (QED) is 0.783. The fraction of sp³-hybridized carbons (Fsp3) is 0.364. The van der Waals surface area contributed by atoms with E-state index in [1.807, 2.05) is 0 Å². The summed E-state index contributed by atoms with van der Waals surface area (Å²) in [6.07, 6.45) is 0.445. The Kier molecular flexibility index (Phi) is 5.10. The van der Waals surface area contributed by atoms with Crippen LogP contribution in [0, 0.1) is 0 Å². The Morgan fingerprint density at radius 1 is 1.50 bits per heavy atom. The second-order valence-electron chi connectivity index (χ2n) is 3.91. The van der Waals surface area contributed by atoms with Gasteiger partial charge in [0.05, 0.1) is 7.11 Å². The van der Waals surface area contributed by atoms with Gasteiger partial charge in [0.1, 0.15) is 6.04 Å². The van der Waals surface area contributed by atoms with Gasteiger partial charge in [-0.25, -0.2) is 4.79 Å². The fourth-order valence-corrected chi connectivity index (χ4v) is 2.63. The molecule has 0 spiro atoms. The average Bonchev–Trinajstić information content (AvgIpc) is 2.26. The van der Waals surface area contributed by atoms with Gasteiger partial charge in [-0.3, -0.25) is 0 Å². The van der Waals surface area contributed by atoms with Crippen molar-refractivity contribution in [2.45, 2.75) is 18.5 Å². The summed E-state index contributed by atoms with van der Waals surface area (Å²) in [7, 11) is 1.34. The molecule has 0 saturated carbocycles. The predicted octanol–water partition coefficient (Wildman–Crippen LogP) is 2.77. The minimum Gasteiger partial charge on any atom is -0.467 e. The summed E-state index contributed by atoms with van der Waals surface area (Å²) in [6.45, 7) is 0. The Balaban J connectivity index is 0.00000162. The number of hydrogen-bond donors (Lipinski definition) is 2. The summed E-state index contributed by atoms with van der Waals surface area (Å²) in [5.74, 6) is -0.345. The van der Waals surface area contributed by atoms with Crippen molar-refractivity contribution in [1.82, 2.24) is 0 Å². The van der Waals surface area contributed by atoms with Crippen LogP contribution in [0.3, 0.4) is 0 Å². The standard InChI is InChI=1S/C11H12Cl2N2O2.ClH/c1-17-11(16)9-4-7(14)10-6(13)2-5(12)3-8(10)15-9;/h2-3,7,9,15H,4,14H2,1H3;1H. The SMILES string of the molecule is COC(=O)C1CC(N)c2c(Cl)cc(Cl)cc2N1.Cl. The maximum Gasteiger partial charge on any atom is 0.328 e. The predicted molar refractivity (Wildman–Crippen MR) is 74.7 cm³/mol. The van der Waals surface area contributed by atoms with Crippen LogP contribution in [0.15, 0.2) is 12.1 Å². The number of carbonyl (C=O) groups is 1. The Labute approximate surface area is 121 Å². The van der Waals surface area contributed by atoms with Crippen LogP contribution in [-0.2, 0) is 9.53 Å². The number of methoxy groups -OCH3 is 1. The summed E-state index contributed by atoms with van der Waals surface area (Å²) in [5, 5.41) is 4.05. The number of anilines is 1. The smallest absolute Gasteiger partial charge is 0.328 e. The van der Waals surface area contributed by atoms with Gasteiger partial charge in [-0.2, -0.15) is 0 Å². The lowest BCUT2D eigenvalue weighted by molar-refractivity contribution is -0.141. The van der Waals surface area contributed by atoms with Crippen molar-refractivity contribution >= 4 is 47.3 Å². The molecule has 0 aliphatic carbocycles. The normalized spacial score (nSPS) is 21.3. The van der Waals surface area contributed by atoms with Gasteiger partial charge in [0.15, 0.2) is 0 Å². The van der Waals surface area contributed by atoms with E-state index >= 15 is 0 Å². The maximum atomic E-state index is 11.5. The number of nitrogens with two attached hydrogens (primary N) is 1. The first kappa shape index (κ1) is 15.4. The van der Waals surface area contributed by atoms with Gasteiger partial charge in [0.25, 0.3) is 0 Å². The van der Waals surface area contributed by atoms with E-state index in [9.17, 15) is 4.79 Å². The molecule has 1 aromatic rings. The molecule has 0 bridgehead atoms. The second-order valence-corrected chi connectivity index (χ2v) is 4.75. The third-order valence-corrected chi connectivity index (χ3v) is 3.30. The highest BCUT2D eigenvalue weighted by atomic mass is 35.5. The zero-order valence-electron chi connectivity index (χ0n) is 9.57. The average molecular weight is 312 g/mol. The van der Waals surface area contributed by atoms with Gasteiger partial charge >= 0.3 is 5.97 Å². The van der Waals surface area contributed by atoms with Crippen molar-refractivity contribution in [2.75, 3.05) is 12.4 Å². The summed E-state index contributed by atoms with van der Waals surface area (Å²) in [6, 6.07) is 2.58.